The summed E-state index contributed by atoms with van der Waals surface area (Å²) in [6.45, 7) is 1.79. The van der Waals surface area contributed by atoms with E-state index in [-0.39, 0.29) is 11.0 Å². The van der Waals surface area contributed by atoms with Gasteiger partial charge in [-0.05, 0) is 6.92 Å². The summed E-state index contributed by atoms with van der Waals surface area (Å²) in [5.41, 5.74) is 0.373. The Morgan fingerprint density at radius 3 is 2.72 bits per heavy atom. The van der Waals surface area contributed by atoms with E-state index in [4.69, 9.17) is 0 Å². The molecular formula is C12H13N3O3. The molecule has 0 spiro atoms. The molecule has 6 heteroatoms. The Hall–Kier alpha value is -2.37. The molecular weight excluding hydrogens is 234 g/mol. The van der Waals surface area contributed by atoms with Gasteiger partial charge in [-0.25, -0.2) is 4.79 Å². The van der Waals surface area contributed by atoms with Crippen LogP contribution in [0.25, 0.3) is 5.82 Å². The minimum Gasteiger partial charge on any atom is -0.465 e. The summed E-state index contributed by atoms with van der Waals surface area (Å²) >= 11 is 0. The molecule has 0 radical (unpaired) electrons. The molecule has 2 rings (SSSR count). The van der Waals surface area contributed by atoms with Crippen molar-refractivity contribution in [2.75, 3.05) is 7.11 Å². The van der Waals surface area contributed by atoms with Gasteiger partial charge < -0.3 is 9.30 Å². The van der Waals surface area contributed by atoms with Crippen molar-refractivity contribution in [1.82, 2.24) is 14.3 Å². The maximum atomic E-state index is 11.7. The first-order valence-electron chi connectivity index (χ1n) is 5.34. The van der Waals surface area contributed by atoms with Gasteiger partial charge in [0.15, 0.2) is 5.43 Å². The van der Waals surface area contributed by atoms with Crippen LogP contribution in [0.5, 0.6) is 0 Å². The lowest BCUT2D eigenvalue weighted by molar-refractivity contribution is 0.0598. The average Bonchev–Trinajstić information content (AvgIpc) is 2.75. The van der Waals surface area contributed by atoms with Crippen LogP contribution in [-0.2, 0) is 11.8 Å². The van der Waals surface area contributed by atoms with E-state index in [1.165, 1.54) is 19.4 Å². The van der Waals surface area contributed by atoms with E-state index in [9.17, 15) is 9.59 Å². The molecule has 0 aliphatic carbocycles. The first-order chi connectivity index (χ1) is 8.54. The smallest absolute Gasteiger partial charge is 0.343 e. The van der Waals surface area contributed by atoms with E-state index in [0.29, 0.717) is 0 Å². The Morgan fingerprint density at radius 2 is 2.17 bits per heavy atom. The minimum absolute atomic E-state index is 0.00398. The quantitative estimate of drug-likeness (QED) is 0.731. The number of esters is 1. The molecule has 2 aromatic heterocycles. The molecule has 0 unspecified atom stereocenters. The molecule has 0 aliphatic rings. The van der Waals surface area contributed by atoms with Gasteiger partial charge in [-0.3, -0.25) is 9.48 Å². The number of pyridine rings is 1. The van der Waals surface area contributed by atoms with Crippen LogP contribution in [0.15, 0.2) is 29.3 Å². The van der Waals surface area contributed by atoms with Gasteiger partial charge in [0.1, 0.15) is 11.4 Å². The van der Waals surface area contributed by atoms with Crippen LogP contribution >= 0.6 is 0 Å². The second-order valence-electron chi connectivity index (χ2n) is 3.87. The van der Waals surface area contributed by atoms with Gasteiger partial charge in [-0.2, -0.15) is 5.10 Å². The van der Waals surface area contributed by atoms with Gasteiger partial charge in [0, 0.05) is 31.1 Å². The molecule has 0 atom stereocenters. The van der Waals surface area contributed by atoms with Gasteiger partial charge in [0.25, 0.3) is 0 Å². The lowest BCUT2D eigenvalue weighted by Gasteiger charge is -2.11. The van der Waals surface area contributed by atoms with E-state index >= 15 is 0 Å². The summed E-state index contributed by atoms with van der Waals surface area (Å²) in [6.07, 6.45) is 3.12. The molecule has 94 valence electrons. The summed E-state index contributed by atoms with van der Waals surface area (Å²) in [6, 6.07) is 3.19. The van der Waals surface area contributed by atoms with Crippen molar-refractivity contribution in [3.63, 3.8) is 0 Å². The van der Waals surface area contributed by atoms with Crippen LogP contribution in [0.4, 0.5) is 0 Å². The van der Waals surface area contributed by atoms with Crippen LogP contribution in [-0.4, -0.2) is 27.4 Å². The maximum absolute atomic E-state index is 11.7. The van der Waals surface area contributed by atoms with Gasteiger partial charge in [0.2, 0.25) is 0 Å². The highest BCUT2D eigenvalue weighted by Crippen LogP contribution is 2.10. The number of rotatable bonds is 2. The van der Waals surface area contributed by atoms with Crippen molar-refractivity contribution < 1.29 is 9.53 Å². The number of aryl methyl sites for hydroxylation is 2. The van der Waals surface area contributed by atoms with Gasteiger partial charge in [-0.1, -0.05) is 0 Å². The third-order valence-corrected chi connectivity index (χ3v) is 2.69. The van der Waals surface area contributed by atoms with Crippen molar-refractivity contribution >= 4 is 5.97 Å². The molecule has 2 aromatic rings. The highest BCUT2D eigenvalue weighted by molar-refractivity contribution is 5.88. The van der Waals surface area contributed by atoms with Crippen LogP contribution in [0.1, 0.15) is 16.1 Å². The molecule has 18 heavy (non-hydrogen) atoms. The van der Waals surface area contributed by atoms with Crippen molar-refractivity contribution in [2.45, 2.75) is 6.92 Å². The molecule has 0 fully saturated rings. The fourth-order valence-corrected chi connectivity index (χ4v) is 1.74. The SMILES string of the molecule is COC(=O)c1cn(-c2ccnn2C)c(C)cc1=O. The van der Waals surface area contributed by atoms with Crippen LogP contribution in [0, 0.1) is 6.92 Å². The number of carbonyl (C=O) groups is 1. The maximum Gasteiger partial charge on any atom is 0.343 e. The summed E-state index contributed by atoms with van der Waals surface area (Å²) in [7, 11) is 3.03. The van der Waals surface area contributed by atoms with E-state index < -0.39 is 5.97 Å². The van der Waals surface area contributed by atoms with Crippen molar-refractivity contribution in [1.29, 1.82) is 0 Å². The lowest BCUT2D eigenvalue weighted by Crippen LogP contribution is -2.20. The van der Waals surface area contributed by atoms with Crippen molar-refractivity contribution in [2.24, 2.45) is 7.05 Å². The monoisotopic (exact) mass is 247 g/mol. The van der Waals surface area contributed by atoms with Gasteiger partial charge in [-0.15, -0.1) is 0 Å². The number of hydrogen-bond acceptors (Lipinski definition) is 4. The fourth-order valence-electron chi connectivity index (χ4n) is 1.74. The predicted octanol–water partition coefficient (Wildman–Crippen LogP) is 0.666. The molecule has 0 aromatic carbocycles. The zero-order valence-corrected chi connectivity index (χ0v) is 10.4. The zero-order valence-electron chi connectivity index (χ0n) is 10.4. The van der Waals surface area contributed by atoms with Crippen LogP contribution in [0.3, 0.4) is 0 Å². The standard InChI is InChI=1S/C12H13N3O3/c1-8-6-10(16)9(12(17)18-3)7-15(8)11-4-5-13-14(11)2/h4-7H,1-3H3. The Morgan fingerprint density at radius 1 is 1.44 bits per heavy atom. The van der Waals surface area contributed by atoms with Crippen LogP contribution in [0.2, 0.25) is 0 Å². The Kier molecular flexibility index (Phi) is 3.01. The number of methoxy groups -OCH3 is 1. The Balaban J connectivity index is 2.66. The largest absolute Gasteiger partial charge is 0.465 e. The van der Waals surface area contributed by atoms with Crippen LogP contribution < -0.4 is 5.43 Å². The number of nitrogens with zero attached hydrogens (tertiary/aromatic N) is 3. The van der Waals surface area contributed by atoms with Crippen molar-refractivity contribution in [3.05, 3.63) is 46.0 Å². The molecule has 6 nitrogen and oxygen atoms in total. The summed E-state index contributed by atoms with van der Waals surface area (Å²) in [5, 5.41) is 4.05. The summed E-state index contributed by atoms with van der Waals surface area (Å²) in [4.78, 5) is 23.2. The Bertz CT molecular complexity index is 655. The number of hydrogen-bond donors (Lipinski definition) is 0. The first-order valence-corrected chi connectivity index (χ1v) is 5.34. The van der Waals surface area contributed by atoms with E-state index in [2.05, 4.69) is 9.84 Å². The second kappa shape index (κ2) is 4.48. The Labute approximate surface area is 103 Å². The molecule has 0 amide bonds. The van der Waals surface area contributed by atoms with Crippen molar-refractivity contribution in [3.8, 4) is 5.82 Å². The number of carbonyl (C=O) groups excluding carboxylic acids is 1. The van der Waals surface area contributed by atoms with Gasteiger partial charge >= 0.3 is 5.97 Å². The molecule has 0 saturated carbocycles. The highest BCUT2D eigenvalue weighted by atomic mass is 16.5. The number of ether oxygens (including phenoxy) is 1. The molecule has 0 saturated heterocycles. The number of aromatic nitrogens is 3. The fraction of sp³-hybridized carbons (Fsp3) is 0.250. The zero-order chi connectivity index (χ0) is 13.3. The first kappa shape index (κ1) is 12.1. The summed E-state index contributed by atoms with van der Waals surface area (Å²) in [5.74, 6) is 0.119. The molecule has 0 aliphatic heterocycles. The third kappa shape index (κ3) is 1.92. The van der Waals surface area contributed by atoms with E-state index in [0.717, 1.165) is 11.5 Å². The van der Waals surface area contributed by atoms with Gasteiger partial charge in [0.05, 0.1) is 13.3 Å². The predicted molar refractivity (Wildman–Crippen MR) is 64.9 cm³/mol. The van der Waals surface area contributed by atoms with E-state index in [1.807, 2.05) is 0 Å². The second-order valence-corrected chi connectivity index (χ2v) is 3.87. The third-order valence-electron chi connectivity index (χ3n) is 2.69. The normalized spacial score (nSPS) is 10.4. The lowest BCUT2D eigenvalue weighted by atomic mass is 10.2. The van der Waals surface area contributed by atoms with E-state index in [1.54, 1.807) is 35.5 Å². The molecule has 0 N–H and O–H groups in total. The topological polar surface area (TPSA) is 66.1 Å². The minimum atomic E-state index is -0.643. The molecule has 2 heterocycles. The highest BCUT2D eigenvalue weighted by Gasteiger charge is 2.14. The summed E-state index contributed by atoms with van der Waals surface area (Å²) < 4.78 is 7.96. The average molecular weight is 247 g/mol. The molecule has 0 bridgehead atoms.